The van der Waals surface area contributed by atoms with E-state index in [9.17, 15) is 27.9 Å². The van der Waals surface area contributed by atoms with Crippen LogP contribution in [0.3, 0.4) is 0 Å². The number of para-hydroxylation sites is 1. The number of nitrogens with one attached hydrogen (secondary N) is 1. The molecule has 38 heavy (non-hydrogen) atoms. The molecule has 196 valence electrons. The SMILES string of the molecule is O=C(O)c1cccc(F)c1NC(=O)C(C1CCCCC1)n1c(-c2ccc(Cl)cc2)nc2cc(F)c(F)cc21. The maximum Gasteiger partial charge on any atom is 0.337 e. The van der Waals surface area contributed by atoms with Crippen LogP contribution in [-0.2, 0) is 4.79 Å². The minimum Gasteiger partial charge on any atom is -0.478 e. The number of nitrogens with zero attached hydrogens (tertiary/aromatic N) is 2. The molecule has 2 N–H and O–H groups in total. The van der Waals surface area contributed by atoms with Gasteiger partial charge < -0.3 is 15.0 Å². The summed E-state index contributed by atoms with van der Waals surface area (Å²) in [5.74, 6) is -5.14. The molecule has 4 aromatic rings. The Kier molecular flexibility index (Phi) is 7.12. The van der Waals surface area contributed by atoms with Crippen LogP contribution in [0.2, 0.25) is 5.02 Å². The van der Waals surface area contributed by atoms with Crippen molar-refractivity contribution < 1.29 is 27.9 Å². The number of anilines is 1. The number of rotatable bonds is 6. The third kappa shape index (κ3) is 4.86. The van der Waals surface area contributed by atoms with Crippen LogP contribution in [0.15, 0.2) is 54.6 Å². The number of benzene rings is 3. The number of carbonyl (C=O) groups is 2. The van der Waals surface area contributed by atoms with E-state index >= 15 is 0 Å². The van der Waals surface area contributed by atoms with Gasteiger partial charge in [0.1, 0.15) is 17.7 Å². The van der Waals surface area contributed by atoms with Gasteiger partial charge >= 0.3 is 5.97 Å². The summed E-state index contributed by atoms with van der Waals surface area (Å²) in [5, 5.41) is 12.5. The molecule has 1 heterocycles. The fourth-order valence-corrected chi connectivity index (χ4v) is 5.32. The summed E-state index contributed by atoms with van der Waals surface area (Å²) >= 11 is 6.07. The van der Waals surface area contributed by atoms with E-state index in [1.807, 2.05) is 0 Å². The van der Waals surface area contributed by atoms with Crippen LogP contribution in [0.1, 0.15) is 48.5 Å². The third-order valence-electron chi connectivity index (χ3n) is 6.97. The lowest BCUT2D eigenvalue weighted by atomic mass is 9.83. The Hall–Kier alpha value is -3.85. The van der Waals surface area contributed by atoms with Crippen molar-refractivity contribution in [2.24, 2.45) is 5.92 Å². The first-order valence-corrected chi connectivity index (χ1v) is 12.6. The Morgan fingerprint density at radius 2 is 1.66 bits per heavy atom. The summed E-state index contributed by atoms with van der Waals surface area (Å²) in [6.07, 6.45) is 3.99. The number of carboxylic acid groups (broad SMARTS) is 1. The summed E-state index contributed by atoms with van der Waals surface area (Å²) in [5.41, 5.74) is 0.0195. The minimum absolute atomic E-state index is 0.138. The molecule has 6 nitrogen and oxygen atoms in total. The number of imidazole rings is 1. The van der Waals surface area contributed by atoms with Gasteiger partial charge in [-0.25, -0.2) is 22.9 Å². The molecule has 3 aromatic carbocycles. The van der Waals surface area contributed by atoms with Crippen molar-refractivity contribution in [3.63, 3.8) is 0 Å². The first-order chi connectivity index (χ1) is 18.2. The van der Waals surface area contributed by atoms with Crippen molar-refractivity contribution in [2.45, 2.75) is 38.1 Å². The molecule has 0 spiro atoms. The van der Waals surface area contributed by atoms with Gasteiger partial charge in [-0.05, 0) is 55.2 Å². The highest BCUT2D eigenvalue weighted by atomic mass is 35.5. The molecule has 0 aliphatic heterocycles. The van der Waals surface area contributed by atoms with Gasteiger partial charge in [-0.2, -0.15) is 0 Å². The van der Waals surface area contributed by atoms with Gasteiger partial charge in [0.05, 0.1) is 22.3 Å². The molecular formula is C28H23ClF3N3O3. The topological polar surface area (TPSA) is 84.2 Å². The molecule has 1 atom stereocenters. The number of aromatic nitrogens is 2. The Morgan fingerprint density at radius 1 is 0.974 bits per heavy atom. The van der Waals surface area contributed by atoms with Crippen LogP contribution in [0, 0.1) is 23.4 Å². The predicted octanol–water partition coefficient (Wildman–Crippen LogP) is 7.23. The van der Waals surface area contributed by atoms with E-state index in [1.54, 1.807) is 28.8 Å². The van der Waals surface area contributed by atoms with Gasteiger partial charge in [-0.15, -0.1) is 0 Å². The molecule has 0 radical (unpaired) electrons. The molecule has 0 saturated heterocycles. The predicted molar refractivity (Wildman–Crippen MR) is 138 cm³/mol. The molecule has 1 amide bonds. The normalized spacial score (nSPS) is 14.9. The Morgan fingerprint density at radius 3 is 2.34 bits per heavy atom. The van der Waals surface area contributed by atoms with E-state index in [-0.39, 0.29) is 22.8 Å². The zero-order chi connectivity index (χ0) is 27.0. The zero-order valence-corrected chi connectivity index (χ0v) is 20.8. The van der Waals surface area contributed by atoms with Gasteiger partial charge in [0.25, 0.3) is 0 Å². The minimum atomic E-state index is -1.40. The molecular weight excluding hydrogens is 519 g/mol. The lowest BCUT2D eigenvalue weighted by Crippen LogP contribution is -2.34. The summed E-state index contributed by atoms with van der Waals surface area (Å²) in [4.78, 5) is 30.3. The molecule has 1 aliphatic carbocycles. The largest absolute Gasteiger partial charge is 0.478 e. The number of carbonyl (C=O) groups excluding carboxylic acids is 1. The van der Waals surface area contributed by atoms with Gasteiger partial charge in [0.15, 0.2) is 11.6 Å². The monoisotopic (exact) mass is 541 g/mol. The summed E-state index contributed by atoms with van der Waals surface area (Å²) < 4.78 is 45.0. The van der Waals surface area contributed by atoms with Gasteiger partial charge in [0, 0.05) is 22.7 Å². The van der Waals surface area contributed by atoms with Crippen LogP contribution >= 0.6 is 11.6 Å². The summed E-state index contributed by atoms with van der Waals surface area (Å²) in [6, 6.07) is 11.1. The van der Waals surface area contributed by atoms with Gasteiger partial charge in [-0.1, -0.05) is 36.9 Å². The molecule has 1 unspecified atom stereocenters. The number of carboxylic acids is 1. The number of amides is 1. The summed E-state index contributed by atoms with van der Waals surface area (Å²) in [6.45, 7) is 0. The molecule has 1 aromatic heterocycles. The maximum absolute atomic E-state index is 14.8. The van der Waals surface area contributed by atoms with Crippen LogP contribution in [0.5, 0.6) is 0 Å². The van der Waals surface area contributed by atoms with E-state index < -0.39 is 46.6 Å². The van der Waals surface area contributed by atoms with Gasteiger partial charge in [0.2, 0.25) is 5.91 Å². The van der Waals surface area contributed by atoms with Crippen molar-refractivity contribution >= 4 is 40.2 Å². The van der Waals surface area contributed by atoms with E-state index in [0.29, 0.717) is 23.4 Å². The van der Waals surface area contributed by atoms with Crippen LogP contribution in [0.4, 0.5) is 18.9 Å². The van der Waals surface area contributed by atoms with Crippen LogP contribution < -0.4 is 5.32 Å². The zero-order valence-electron chi connectivity index (χ0n) is 20.1. The van der Waals surface area contributed by atoms with E-state index in [2.05, 4.69) is 10.3 Å². The number of hydrogen-bond donors (Lipinski definition) is 2. The number of fused-ring (bicyclic) bond motifs is 1. The van der Waals surface area contributed by atoms with Gasteiger partial charge in [-0.3, -0.25) is 4.79 Å². The standard InChI is InChI=1S/C28H23ClF3N3O3/c29-17-11-9-16(10-12-17)26-33-22-13-20(31)21(32)14-23(22)35(26)25(15-5-2-1-3-6-15)27(36)34-24-18(28(37)38)7-4-8-19(24)30/h4,7-15,25H,1-3,5-6H2,(H,34,36)(H,37,38). The molecule has 1 aliphatic rings. The third-order valence-corrected chi connectivity index (χ3v) is 7.22. The highest BCUT2D eigenvalue weighted by Gasteiger charge is 2.35. The smallest absolute Gasteiger partial charge is 0.337 e. The second-order valence-electron chi connectivity index (χ2n) is 9.37. The van der Waals surface area contributed by atoms with Crippen molar-refractivity contribution in [3.8, 4) is 11.4 Å². The average molecular weight is 542 g/mol. The Labute approximate surface area is 221 Å². The van der Waals surface area contributed by atoms with Crippen LogP contribution in [0.25, 0.3) is 22.4 Å². The number of aromatic carboxylic acids is 1. The van der Waals surface area contributed by atoms with Crippen molar-refractivity contribution in [1.29, 1.82) is 0 Å². The van der Waals surface area contributed by atoms with E-state index in [1.165, 1.54) is 12.1 Å². The Balaban J connectivity index is 1.72. The second-order valence-corrected chi connectivity index (χ2v) is 9.80. The first kappa shape index (κ1) is 25.8. The molecule has 10 heteroatoms. The number of halogens is 4. The van der Waals surface area contributed by atoms with Crippen LogP contribution in [-0.4, -0.2) is 26.5 Å². The molecule has 1 saturated carbocycles. The average Bonchev–Trinajstić information content (AvgIpc) is 3.24. The van der Waals surface area contributed by atoms with Crippen molar-refractivity contribution in [2.75, 3.05) is 5.32 Å². The fraction of sp³-hybridized carbons (Fsp3) is 0.250. The number of hydrogen-bond acceptors (Lipinski definition) is 3. The highest BCUT2D eigenvalue weighted by molar-refractivity contribution is 6.30. The molecule has 5 rings (SSSR count). The lowest BCUT2D eigenvalue weighted by molar-refractivity contribution is -0.121. The van der Waals surface area contributed by atoms with Crippen molar-refractivity contribution in [1.82, 2.24) is 9.55 Å². The quantitative estimate of drug-likeness (QED) is 0.270. The van der Waals surface area contributed by atoms with E-state index in [0.717, 1.165) is 37.5 Å². The van der Waals surface area contributed by atoms with E-state index in [4.69, 9.17) is 11.6 Å². The van der Waals surface area contributed by atoms with Crippen molar-refractivity contribution in [3.05, 3.63) is 82.6 Å². The molecule has 0 bridgehead atoms. The summed E-state index contributed by atoms with van der Waals surface area (Å²) in [7, 11) is 0. The highest BCUT2D eigenvalue weighted by Crippen LogP contribution is 2.39. The lowest BCUT2D eigenvalue weighted by Gasteiger charge is -2.32. The first-order valence-electron chi connectivity index (χ1n) is 12.2. The maximum atomic E-state index is 14.8. The molecule has 1 fully saturated rings. The second kappa shape index (κ2) is 10.5. The Bertz CT molecular complexity index is 1530. The fourth-order valence-electron chi connectivity index (χ4n) is 5.19.